The SMILES string of the molecule is COC(=O)c1ccc(C(=O)N2CCCC(Oc3ncccn3)C2)cc1. The van der Waals surface area contributed by atoms with E-state index in [0.717, 1.165) is 12.8 Å². The summed E-state index contributed by atoms with van der Waals surface area (Å²) >= 11 is 0. The molecule has 0 aliphatic carbocycles. The van der Waals surface area contributed by atoms with Gasteiger partial charge in [-0.25, -0.2) is 14.8 Å². The number of hydrogen-bond acceptors (Lipinski definition) is 6. The molecule has 3 rings (SSSR count). The summed E-state index contributed by atoms with van der Waals surface area (Å²) in [7, 11) is 1.33. The molecule has 1 amide bonds. The molecular formula is C18H19N3O4. The van der Waals surface area contributed by atoms with E-state index in [1.54, 1.807) is 47.6 Å². The van der Waals surface area contributed by atoms with Crippen LogP contribution in [0.5, 0.6) is 6.01 Å². The molecule has 7 heteroatoms. The van der Waals surface area contributed by atoms with Gasteiger partial charge in [0.15, 0.2) is 0 Å². The molecule has 1 saturated heterocycles. The zero-order valence-corrected chi connectivity index (χ0v) is 13.9. The third kappa shape index (κ3) is 4.12. The minimum Gasteiger partial charge on any atom is -0.465 e. The first kappa shape index (κ1) is 16.9. The standard InChI is InChI=1S/C18H19N3O4/c1-24-17(23)14-7-5-13(6-8-14)16(22)21-11-2-4-15(12-21)25-18-19-9-3-10-20-18/h3,5-10,15H,2,4,11-12H2,1H3. The lowest BCUT2D eigenvalue weighted by molar-refractivity contribution is 0.0515. The van der Waals surface area contributed by atoms with Gasteiger partial charge < -0.3 is 14.4 Å². The molecule has 2 heterocycles. The van der Waals surface area contributed by atoms with Gasteiger partial charge in [0.05, 0.1) is 19.2 Å². The van der Waals surface area contributed by atoms with Crippen LogP contribution in [0.2, 0.25) is 0 Å². The molecule has 1 fully saturated rings. The predicted octanol–water partition coefficient (Wildman–Crippen LogP) is 1.95. The number of amides is 1. The zero-order valence-electron chi connectivity index (χ0n) is 13.9. The number of rotatable bonds is 4. The fourth-order valence-electron chi connectivity index (χ4n) is 2.76. The number of methoxy groups -OCH3 is 1. The van der Waals surface area contributed by atoms with E-state index in [0.29, 0.717) is 30.2 Å². The predicted molar refractivity (Wildman–Crippen MR) is 89.4 cm³/mol. The molecule has 0 spiro atoms. The van der Waals surface area contributed by atoms with Crippen molar-refractivity contribution in [1.29, 1.82) is 0 Å². The zero-order chi connectivity index (χ0) is 17.6. The van der Waals surface area contributed by atoms with Crippen LogP contribution in [0.1, 0.15) is 33.6 Å². The van der Waals surface area contributed by atoms with Gasteiger partial charge in [-0.2, -0.15) is 0 Å². The number of ether oxygens (including phenoxy) is 2. The van der Waals surface area contributed by atoms with Crippen LogP contribution in [0.15, 0.2) is 42.7 Å². The van der Waals surface area contributed by atoms with E-state index in [2.05, 4.69) is 14.7 Å². The van der Waals surface area contributed by atoms with Crippen LogP contribution in [0.25, 0.3) is 0 Å². The highest BCUT2D eigenvalue weighted by molar-refractivity contribution is 5.96. The number of hydrogen-bond donors (Lipinski definition) is 0. The number of carbonyl (C=O) groups excluding carboxylic acids is 2. The number of carbonyl (C=O) groups is 2. The van der Waals surface area contributed by atoms with Crippen LogP contribution in [0.3, 0.4) is 0 Å². The highest BCUT2D eigenvalue weighted by Gasteiger charge is 2.26. The Hall–Kier alpha value is -2.96. The van der Waals surface area contributed by atoms with Crippen molar-refractivity contribution < 1.29 is 19.1 Å². The molecule has 130 valence electrons. The maximum atomic E-state index is 12.7. The van der Waals surface area contributed by atoms with Gasteiger partial charge in [0.1, 0.15) is 6.10 Å². The van der Waals surface area contributed by atoms with Crippen LogP contribution in [0, 0.1) is 0 Å². The smallest absolute Gasteiger partial charge is 0.337 e. The van der Waals surface area contributed by atoms with Crippen molar-refractivity contribution in [1.82, 2.24) is 14.9 Å². The van der Waals surface area contributed by atoms with Crippen molar-refractivity contribution in [3.05, 3.63) is 53.9 Å². The fourth-order valence-corrected chi connectivity index (χ4v) is 2.76. The van der Waals surface area contributed by atoms with E-state index in [4.69, 9.17) is 4.74 Å². The first-order valence-corrected chi connectivity index (χ1v) is 8.08. The summed E-state index contributed by atoms with van der Waals surface area (Å²) in [4.78, 5) is 34.0. The average molecular weight is 341 g/mol. The maximum Gasteiger partial charge on any atom is 0.337 e. The normalized spacial score (nSPS) is 17.0. The van der Waals surface area contributed by atoms with E-state index in [1.165, 1.54) is 7.11 Å². The largest absolute Gasteiger partial charge is 0.465 e. The molecule has 1 atom stereocenters. The van der Waals surface area contributed by atoms with Gasteiger partial charge in [-0.3, -0.25) is 4.79 Å². The monoisotopic (exact) mass is 341 g/mol. The minimum atomic E-state index is -0.423. The molecule has 0 bridgehead atoms. The molecule has 1 aliphatic heterocycles. The molecule has 1 aliphatic rings. The number of esters is 1. The van der Waals surface area contributed by atoms with E-state index in [-0.39, 0.29) is 12.0 Å². The van der Waals surface area contributed by atoms with Crippen LogP contribution in [0.4, 0.5) is 0 Å². The van der Waals surface area contributed by atoms with Crippen molar-refractivity contribution >= 4 is 11.9 Å². The van der Waals surface area contributed by atoms with E-state index < -0.39 is 5.97 Å². The second kappa shape index (κ2) is 7.74. The summed E-state index contributed by atoms with van der Waals surface area (Å²) in [5.74, 6) is -0.507. The third-order valence-electron chi connectivity index (χ3n) is 4.03. The minimum absolute atomic E-state index is 0.0845. The first-order chi connectivity index (χ1) is 12.2. The topological polar surface area (TPSA) is 81.6 Å². The van der Waals surface area contributed by atoms with Gasteiger partial charge in [-0.1, -0.05) is 0 Å². The Bertz CT molecular complexity index is 734. The van der Waals surface area contributed by atoms with Crippen molar-refractivity contribution in [2.24, 2.45) is 0 Å². The van der Waals surface area contributed by atoms with Gasteiger partial charge >= 0.3 is 12.0 Å². The number of aromatic nitrogens is 2. The van der Waals surface area contributed by atoms with Crippen molar-refractivity contribution in [2.45, 2.75) is 18.9 Å². The Balaban J connectivity index is 1.64. The Morgan fingerprint density at radius 1 is 1.12 bits per heavy atom. The molecule has 0 N–H and O–H groups in total. The van der Waals surface area contributed by atoms with Gasteiger partial charge in [0.25, 0.3) is 5.91 Å². The van der Waals surface area contributed by atoms with Gasteiger partial charge in [0.2, 0.25) is 0 Å². The van der Waals surface area contributed by atoms with E-state index >= 15 is 0 Å². The lowest BCUT2D eigenvalue weighted by Gasteiger charge is -2.32. The third-order valence-corrected chi connectivity index (χ3v) is 4.03. The Morgan fingerprint density at radius 3 is 2.48 bits per heavy atom. The molecule has 1 aromatic heterocycles. The lowest BCUT2D eigenvalue weighted by Crippen LogP contribution is -2.44. The summed E-state index contributed by atoms with van der Waals surface area (Å²) in [5, 5.41) is 0. The Morgan fingerprint density at radius 2 is 1.80 bits per heavy atom. The summed E-state index contributed by atoms with van der Waals surface area (Å²) in [6, 6.07) is 8.51. The summed E-state index contributed by atoms with van der Waals surface area (Å²) < 4.78 is 10.4. The number of likely N-dealkylation sites (tertiary alicyclic amines) is 1. The molecule has 25 heavy (non-hydrogen) atoms. The molecule has 1 unspecified atom stereocenters. The van der Waals surface area contributed by atoms with E-state index in [1.807, 2.05) is 0 Å². The van der Waals surface area contributed by atoms with Crippen molar-refractivity contribution in [3.8, 4) is 6.01 Å². The van der Waals surface area contributed by atoms with Crippen LogP contribution in [-0.2, 0) is 4.74 Å². The summed E-state index contributed by atoms with van der Waals surface area (Å²) in [5.41, 5.74) is 0.949. The van der Waals surface area contributed by atoms with Crippen LogP contribution in [-0.4, -0.2) is 53.0 Å². The van der Waals surface area contributed by atoms with Crippen molar-refractivity contribution in [2.75, 3.05) is 20.2 Å². The molecule has 0 saturated carbocycles. The second-order valence-corrected chi connectivity index (χ2v) is 5.73. The Labute approximate surface area is 145 Å². The quantitative estimate of drug-likeness (QED) is 0.791. The highest BCUT2D eigenvalue weighted by Crippen LogP contribution is 2.18. The molecular weight excluding hydrogens is 322 g/mol. The van der Waals surface area contributed by atoms with Crippen LogP contribution >= 0.6 is 0 Å². The summed E-state index contributed by atoms with van der Waals surface area (Å²) in [6.07, 6.45) is 4.81. The molecule has 0 radical (unpaired) electrons. The molecule has 1 aromatic carbocycles. The van der Waals surface area contributed by atoms with E-state index in [9.17, 15) is 9.59 Å². The van der Waals surface area contributed by atoms with Gasteiger partial charge in [0, 0.05) is 24.5 Å². The molecule has 7 nitrogen and oxygen atoms in total. The van der Waals surface area contributed by atoms with Gasteiger partial charge in [-0.15, -0.1) is 0 Å². The summed E-state index contributed by atoms with van der Waals surface area (Å²) in [6.45, 7) is 1.16. The maximum absolute atomic E-state index is 12.7. The number of nitrogens with zero attached hydrogens (tertiary/aromatic N) is 3. The number of benzene rings is 1. The van der Waals surface area contributed by atoms with Crippen molar-refractivity contribution in [3.63, 3.8) is 0 Å². The Kier molecular flexibility index (Phi) is 5.23. The van der Waals surface area contributed by atoms with Gasteiger partial charge in [-0.05, 0) is 43.2 Å². The fraction of sp³-hybridized carbons (Fsp3) is 0.333. The average Bonchev–Trinajstić information content (AvgIpc) is 2.68. The first-order valence-electron chi connectivity index (χ1n) is 8.08. The second-order valence-electron chi connectivity index (χ2n) is 5.73. The molecule has 2 aromatic rings. The number of piperidine rings is 1. The lowest BCUT2D eigenvalue weighted by atomic mass is 10.1. The van der Waals surface area contributed by atoms with Crippen LogP contribution < -0.4 is 4.74 Å². The highest BCUT2D eigenvalue weighted by atomic mass is 16.5.